The molecule has 3 aromatic rings. The van der Waals surface area contributed by atoms with Gasteiger partial charge in [0.25, 0.3) is 6.43 Å². The number of halogens is 4. The lowest BCUT2D eigenvalue weighted by Gasteiger charge is -2.40. The van der Waals surface area contributed by atoms with Gasteiger partial charge in [-0.15, -0.1) is 0 Å². The Kier molecular flexibility index (Phi) is 11.6. The standard InChI is InChI=1S/C34H40ClF3N4O4S/c1-21-19-40-20-26(42(21)47(44,45)27-12-7-24(8-13-27)33(37)38)11-14-28-29(36)3-2-4-30(28)41-34(43)32(39)31(23-15-17-46-18-16-23)22-5-9-25(35)10-6-22/h2-10,12-13,21,23,26,31-33,40H,11,14-20,39H2,1H3,(H,41,43). The van der Waals surface area contributed by atoms with E-state index in [2.05, 4.69) is 10.6 Å². The molecule has 0 radical (unpaired) electrons. The molecule has 2 heterocycles. The SMILES string of the molecule is CC1CNCC(CCc2c(F)cccc2NC(=O)C(N)C(c2ccc(Cl)cc2)C2CCOCC2)N1S(=O)(=O)c1ccc(C(F)F)cc1. The molecule has 4 N–H and O–H groups in total. The van der Waals surface area contributed by atoms with Crippen molar-refractivity contribution >= 4 is 33.2 Å². The van der Waals surface area contributed by atoms with Crippen LogP contribution in [-0.2, 0) is 26.0 Å². The molecular formula is C34H40ClF3N4O4S. The number of amides is 1. The van der Waals surface area contributed by atoms with Crippen molar-refractivity contribution in [3.8, 4) is 0 Å². The topological polar surface area (TPSA) is 114 Å². The predicted molar refractivity (Wildman–Crippen MR) is 176 cm³/mol. The van der Waals surface area contributed by atoms with Crippen LogP contribution in [0.3, 0.4) is 0 Å². The zero-order valence-corrected chi connectivity index (χ0v) is 27.6. The number of rotatable bonds is 11. The van der Waals surface area contributed by atoms with Gasteiger partial charge >= 0.3 is 0 Å². The highest BCUT2D eigenvalue weighted by Gasteiger charge is 2.38. The molecule has 4 unspecified atom stereocenters. The van der Waals surface area contributed by atoms with Gasteiger partial charge in [-0.1, -0.05) is 41.9 Å². The van der Waals surface area contributed by atoms with Gasteiger partial charge in [0.05, 0.1) is 10.9 Å². The van der Waals surface area contributed by atoms with E-state index in [4.69, 9.17) is 22.1 Å². The van der Waals surface area contributed by atoms with Crippen molar-refractivity contribution < 1.29 is 31.1 Å². The van der Waals surface area contributed by atoms with Gasteiger partial charge in [-0.3, -0.25) is 4.79 Å². The van der Waals surface area contributed by atoms with Crippen LogP contribution in [0.2, 0.25) is 5.02 Å². The Bertz CT molecular complexity index is 1620. The van der Waals surface area contributed by atoms with E-state index >= 15 is 4.39 Å². The minimum Gasteiger partial charge on any atom is -0.381 e. The number of benzene rings is 3. The van der Waals surface area contributed by atoms with E-state index in [1.54, 1.807) is 25.1 Å². The lowest BCUT2D eigenvalue weighted by atomic mass is 9.76. The van der Waals surface area contributed by atoms with Crippen LogP contribution in [0.1, 0.15) is 55.2 Å². The lowest BCUT2D eigenvalue weighted by molar-refractivity contribution is -0.118. The van der Waals surface area contributed by atoms with E-state index in [0.29, 0.717) is 31.3 Å². The molecule has 2 aliphatic rings. The molecule has 0 bridgehead atoms. The van der Waals surface area contributed by atoms with Crippen LogP contribution < -0.4 is 16.4 Å². The third kappa shape index (κ3) is 8.18. The molecule has 2 saturated heterocycles. The fraction of sp³-hybridized carbons (Fsp3) is 0.441. The van der Waals surface area contributed by atoms with Crippen LogP contribution in [-0.4, -0.2) is 63.1 Å². The molecule has 4 atom stereocenters. The van der Waals surface area contributed by atoms with E-state index in [1.807, 2.05) is 12.1 Å². The number of ether oxygens (including phenoxy) is 1. The second kappa shape index (κ2) is 15.5. The summed E-state index contributed by atoms with van der Waals surface area (Å²) in [5.74, 6) is -1.23. The normalized spacial score (nSPS) is 21.0. The van der Waals surface area contributed by atoms with Gasteiger partial charge in [0.2, 0.25) is 15.9 Å². The highest BCUT2D eigenvalue weighted by Crippen LogP contribution is 2.36. The Labute approximate surface area is 278 Å². The monoisotopic (exact) mass is 692 g/mol. The number of hydrogen-bond acceptors (Lipinski definition) is 6. The maximum atomic E-state index is 15.4. The second-order valence-electron chi connectivity index (χ2n) is 12.2. The number of piperazine rings is 1. The first-order chi connectivity index (χ1) is 22.5. The van der Waals surface area contributed by atoms with Crippen molar-refractivity contribution in [1.82, 2.24) is 9.62 Å². The average Bonchev–Trinajstić information content (AvgIpc) is 3.06. The van der Waals surface area contributed by atoms with Gasteiger partial charge in [0.15, 0.2) is 0 Å². The van der Waals surface area contributed by atoms with Gasteiger partial charge in [0, 0.05) is 66.1 Å². The molecule has 0 aliphatic carbocycles. The molecule has 5 rings (SSSR count). The molecule has 13 heteroatoms. The fourth-order valence-electron chi connectivity index (χ4n) is 6.72. The van der Waals surface area contributed by atoms with Crippen molar-refractivity contribution in [3.05, 3.63) is 94.3 Å². The second-order valence-corrected chi connectivity index (χ2v) is 14.5. The van der Waals surface area contributed by atoms with Gasteiger partial charge in [-0.2, -0.15) is 4.31 Å². The predicted octanol–water partition coefficient (Wildman–Crippen LogP) is 5.88. The Morgan fingerprint density at radius 3 is 2.36 bits per heavy atom. The number of nitrogens with one attached hydrogen (secondary N) is 2. The Balaban J connectivity index is 1.35. The van der Waals surface area contributed by atoms with Crippen LogP contribution in [0.25, 0.3) is 0 Å². The number of nitrogens with zero attached hydrogens (tertiary/aromatic N) is 1. The minimum absolute atomic E-state index is 0.0896. The van der Waals surface area contributed by atoms with Crippen molar-refractivity contribution in [2.24, 2.45) is 11.7 Å². The number of sulfonamides is 1. The Morgan fingerprint density at radius 1 is 1.04 bits per heavy atom. The number of carbonyl (C=O) groups excluding carboxylic acids is 1. The molecular weight excluding hydrogens is 653 g/mol. The van der Waals surface area contributed by atoms with E-state index in [1.165, 1.54) is 28.6 Å². The minimum atomic E-state index is -4.06. The summed E-state index contributed by atoms with van der Waals surface area (Å²) < 4.78 is 76.0. The van der Waals surface area contributed by atoms with E-state index < -0.39 is 46.3 Å². The van der Waals surface area contributed by atoms with Crippen LogP contribution >= 0.6 is 11.6 Å². The lowest BCUT2D eigenvalue weighted by Crippen LogP contribution is -2.58. The first-order valence-corrected chi connectivity index (χ1v) is 17.6. The summed E-state index contributed by atoms with van der Waals surface area (Å²) in [6.45, 7) is 3.61. The van der Waals surface area contributed by atoms with Crippen molar-refractivity contribution in [2.45, 2.75) is 68.0 Å². The van der Waals surface area contributed by atoms with Gasteiger partial charge in [0.1, 0.15) is 5.82 Å². The molecule has 3 aromatic carbocycles. The van der Waals surface area contributed by atoms with E-state index in [9.17, 15) is 22.0 Å². The highest BCUT2D eigenvalue weighted by atomic mass is 35.5. The summed E-state index contributed by atoms with van der Waals surface area (Å²) in [4.78, 5) is 13.6. The first-order valence-electron chi connectivity index (χ1n) is 15.8. The maximum Gasteiger partial charge on any atom is 0.263 e. The third-order valence-corrected chi connectivity index (χ3v) is 11.5. The van der Waals surface area contributed by atoms with Gasteiger partial charge in [-0.25, -0.2) is 21.6 Å². The summed E-state index contributed by atoms with van der Waals surface area (Å²) in [6.07, 6.45) is -0.885. The first kappa shape index (κ1) is 35.3. The maximum absolute atomic E-state index is 15.4. The average molecular weight is 693 g/mol. The number of anilines is 1. The molecule has 47 heavy (non-hydrogen) atoms. The molecule has 0 saturated carbocycles. The molecule has 2 aliphatic heterocycles. The van der Waals surface area contributed by atoms with Crippen LogP contribution in [0.4, 0.5) is 18.9 Å². The molecule has 0 aromatic heterocycles. The number of nitrogens with two attached hydrogens (primary N) is 1. The number of hydrogen-bond donors (Lipinski definition) is 3. The molecule has 0 spiro atoms. The quantitative estimate of drug-likeness (QED) is 0.232. The van der Waals surface area contributed by atoms with Gasteiger partial charge < -0.3 is 21.1 Å². The molecule has 1 amide bonds. The van der Waals surface area contributed by atoms with Crippen LogP contribution in [0, 0.1) is 11.7 Å². The molecule has 8 nitrogen and oxygen atoms in total. The van der Waals surface area contributed by atoms with Gasteiger partial charge in [-0.05, 0) is 80.5 Å². The van der Waals surface area contributed by atoms with Crippen molar-refractivity contribution in [2.75, 3.05) is 31.6 Å². The Hall–Kier alpha value is -3.00. The fourth-order valence-corrected chi connectivity index (χ4v) is 8.69. The largest absolute Gasteiger partial charge is 0.381 e. The summed E-state index contributed by atoms with van der Waals surface area (Å²) in [6, 6.07) is 14.3. The zero-order chi connectivity index (χ0) is 33.7. The van der Waals surface area contributed by atoms with Crippen LogP contribution in [0.5, 0.6) is 0 Å². The summed E-state index contributed by atoms with van der Waals surface area (Å²) in [5, 5.41) is 6.66. The number of carbonyl (C=O) groups is 1. The van der Waals surface area contributed by atoms with Crippen molar-refractivity contribution in [1.29, 1.82) is 0 Å². The highest BCUT2D eigenvalue weighted by molar-refractivity contribution is 7.89. The number of alkyl halides is 2. The molecule has 254 valence electrons. The van der Waals surface area contributed by atoms with Crippen LogP contribution in [0.15, 0.2) is 71.6 Å². The zero-order valence-electron chi connectivity index (χ0n) is 26.0. The smallest absolute Gasteiger partial charge is 0.263 e. The third-order valence-electron chi connectivity index (χ3n) is 9.14. The summed E-state index contributed by atoms with van der Waals surface area (Å²) in [7, 11) is -4.06. The van der Waals surface area contributed by atoms with Crippen molar-refractivity contribution in [3.63, 3.8) is 0 Å². The summed E-state index contributed by atoms with van der Waals surface area (Å²) >= 11 is 6.13. The molecule has 2 fully saturated rings. The van der Waals surface area contributed by atoms with E-state index in [-0.39, 0.29) is 46.4 Å². The summed E-state index contributed by atoms with van der Waals surface area (Å²) in [5.41, 5.74) is 7.76. The Morgan fingerprint density at radius 2 is 1.70 bits per heavy atom. The van der Waals surface area contributed by atoms with E-state index in [0.717, 1.165) is 30.5 Å².